The maximum absolute atomic E-state index is 12.0. The molecule has 7 heteroatoms. The molecule has 2 N–H and O–H groups in total. The summed E-state index contributed by atoms with van der Waals surface area (Å²) in [5.74, 6) is 2.52. The smallest absolute Gasteiger partial charge is 0.169 e. The zero-order valence-electron chi connectivity index (χ0n) is 12.7. The summed E-state index contributed by atoms with van der Waals surface area (Å²) in [6.07, 6.45) is 1.30. The lowest BCUT2D eigenvalue weighted by molar-refractivity contribution is 0.583. The van der Waals surface area contributed by atoms with E-state index in [9.17, 15) is 8.42 Å². The zero-order valence-corrected chi connectivity index (χ0v) is 14.4. The average molecular weight is 329 g/mol. The van der Waals surface area contributed by atoms with Crippen LogP contribution in [0.4, 0.5) is 5.82 Å². The first-order valence-electron chi connectivity index (χ1n) is 7.07. The van der Waals surface area contributed by atoms with Crippen molar-refractivity contribution in [3.05, 3.63) is 23.4 Å². The molecular formula is C14H23N3O2S2. The predicted octanol–water partition coefficient (Wildman–Crippen LogP) is 1.59. The van der Waals surface area contributed by atoms with Crippen LogP contribution in [0.1, 0.15) is 31.0 Å². The molecule has 0 aliphatic carbocycles. The molecule has 118 valence electrons. The molecule has 1 saturated heterocycles. The maximum Gasteiger partial charge on any atom is 0.169 e. The molecule has 0 bridgehead atoms. The Morgan fingerprint density at radius 2 is 2.19 bits per heavy atom. The van der Waals surface area contributed by atoms with Crippen LogP contribution in [0.5, 0.6) is 0 Å². The first-order chi connectivity index (χ1) is 9.82. The molecule has 2 rings (SSSR count). The fraction of sp³-hybridized carbons (Fsp3) is 0.643. The molecule has 0 amide bonds. The quantitative estimate of drug-likeness (QED) is 0.904. The van der Waals surface area contributed by atoms with Crippen LogP contribution in [0.25, 0.3) is 0 Å². The van der Waals surface area contributed by atoms with E-state index in [1.165, 1.54) is 6.26 Å². The fourth-order valence-corrected chi connectivity index (χ4v) is 5.18. The van der Waals surface area contributed by atoms with Crippen molar-refractivity contribution in [3.8, 4) is 0 Å². The minimum atomic E-state index is -3.14. The molecule has 1 aromatic rings. The van der Waals surface area contributed by atoms with Crippen LogP contribution in [-0.2, 0) is 16.4 Å². The second-order valence-corrected chi connectivity index (χ2v) is 9.02. The highest BCUT2D eigenvalue weighted by Crippen LogP contribution is 2.27. The molecule has 1 aliphatic rings. The third kappa shape index (κ3) is 3.90. The molecule has 0 saturated carbocycles. The second-order valence-electron chi connectivity index (χ2n) is 5.67. The minimum Gasteiger partial charge on any atom is -0.338 e. The van der Waals surface area contributed by atoms with Crippen LogP contribution >= 0.6 is 11.8 Å². The van der Waals surface area contributed by atoms with Gasteiger partial charge in [-0.25, -0.2) is 13.4 Å². The van der Waals surface area contributed by atoms with Gasteiger partial charge >= 0.3 is 0 Å². The Balaban J connectivity index is 2.45. The van der Waals surface area contributed by atoms with Gasteiger partial charge in [0.1, 0.15) is 11.2 Å². The van der Waals surface area contributed by atoms with Gasteiger partial charge in [0.15, 0.2) is 9.84 Å². The Kier molecular flexibility index (Phi) is 5.16. The number of hydrogen-bond donors (Lipinski definition) is 1. The van der Waals surface area contributed by atoms with E-state index in [1.54, 1.807) is 11.8 Å². The Bertz CT molecular complexity index is 602. The summed E-state index contributed by atoms with van der Waals surface area (Å²) < 4.78 is 24.1. The van der Waals surface area contributed by atoms with Gasteiger partial charge in [0, 0.05) is 36.5 Å². The third-order valence-electron chi connectivity index (χ3n) is 3.59. The number of sulfone groups is 1. The summed E-state index contributed by atoms with van der Waals surface area (Å²) in [5, 5.41) is -0.503. The van der Waals surface area contributed by atoms with Crippen molar-refractivity contribution in [1.82, 2.24) is 4.98 Å². The molecule has 0 spiro atoms. The molecule has 1 aromatic heterocycles. The monoisotopic (exact) mass is 329 g/mol. The van der Waals surface area contributed by atoms with Gasteiger partial charge in [-0.15, -0.1) is 0 Å². The van der Waals surface area contributed by atoms with Crippen LogP contribution in [0.3, 0.4) is 0 Å². The normalized spacial score (nSPS) is 20.0. The first-order valence-corrected chi connectivity index (χ1v) is 10.2. The molecule has 1 fully saturated rings. The summed E-state index contributed by atoms with van der Waals surface area (Å²) in [6, 6.07) is 3.92. The number of aromatic nitrogens is 1. The highest BCUT2D eigenvalue weighted by Gasteiger charge is 2.32. The van der Waals surface area contributed by atoms with Crippen molar-refractivity contribution in [2.45, 2.75) is 31.7 Å². The van der Waals surface area contributed by atoms with E-state index < -0.39 is 15.2 Å². The number of thioether (sulfide) groups is 1. The Morgan fingerprint density at radius 3 is 2.76 bits per heavy atom. The van der Waals surface area contributed by atoms with Crippen LogP contribution in [0.2, 0.25) is 0 Å². The summed E-state index contributed by atoms with van der Waals surface area (Å²) >= 11 is 1.68. The van der Waals surface area contributed by atoms with Crippen molar-refractivity contribution in [2.24, 2.45) is 5.73 Å². The van der Waals surface area contributed by atoms with Gasteiger partial charge in [0.05, 0.1) is 0 Å². The van der Waals surface area contributed by atoms with E-state index >= 15 is 0 Å². The van der Waals surface area contributed by atoms with Gasteiger partial charge < -0.3 is 10.6 Å². The largest absolute Gasteiger partial charge is 0.338 e. The van der Waals surface area contributed by atoms with Crippen molar-refractivity contribution in [1.29, 1.82) is 0 Å². The van der Waals surface area contributed by atoms with E-state index in [-0.39, 0.29) is 5.92 Å². The van der Waals surface area contributed by atoms with E-state index in [0.29, 0.717) is 18.8 Å². The van der Waals surface area contributed by atoms with E-state index in [0.717, 1.165) is 22.8 Å². The maximum atomic E-state index is 12.0. The van der Waals surface area contributed by atoms with Gasteiger partial charge in [0.2, 0.25) is 0 Å². The highest BCUT2D eigenvalue weighted by molar-refractivity contribution is 8.01. The molecule has 1 unspecified atom stereocenters. The third-order valence-corrected chi connectivity index (χ3v) is 6.24. The lowest BCUT2D eigenvalue weighted by atomic mass is 10.1. The molecule has 1 aliphatic heterocycles. The van der Waals surface area contributed by atoms with Gasteiger partial charge in [-0.1, -0.05) is 13.8 Å². The number of nitrogens with two attached hydrogens (primary N) is 1. The summed E-state index contributed by atoms with van der Waals surface area (Å²) in [6.45, 7) is 5.28. The van der Waals surface area contributed by atoms with Crippen LogP contribution < -0.4 is 10.6 Å². The van der Waals surface area contributed by atoms with Gasteiger partial charge in [-0.05, 0) is 23.6 Å². The standard InChI is InChI=1S/C14H23N3O2S2/c1-10(2)12-6-11(8-15)7-13(16-12)17-4-5-20-9-14(17)21(3,18)19/h6-7,10,14H,4-5,8-9,15H2,1-3H3. The lowest BCUT2D eigenvalue weighted by Crippen LogP contribution is -2.47. The van der Waals surface area contributed by atoms with Crippen molar-refractivity contribution < 1.29 is 8.42 Å². The lowest BCUT2D eigenvalue weighted by Gasteiger charge is -2.35. The van der Waals surface area contributed by atoms with Crippen molar-refractivity contribution in [3.63, 3.8) is 0 Å². The topological polar surface area (TPSA) is 76.3 Å². The Morgan fingerprint density at radius 1 is 1.48 bits per heavy atom. The molecule has 1 atom stereocenters. The molecule has 0 radical (unpaired) electrons. The van der Waals surface area contributed by atoms with E-state index in [4.69, 9.17) is 5.73 Å². The molecule has 0 aromatic carbocycles. The van der Waals surface area contributed by atoms with E-state index in [1.807, 2.05) is 17.0 Å². The van der Waals surface area contributed by atoms with Crippen LogP contribution in [0, 0.1) is 0 Å². The number of nitrogens with zero attached hydrogens (tertiary/aromatic N) is 2. The summed E-state index contributed by atoms with van der Waals surface area (Å²) in [7, 11) is -3.14. The zero-order chi connectivity index (χ0) is 15.6. The highest BCUT2D eigenvalue weighted by atomic mass is 32.2. The number of anilines is 1. The number of pyridine rings is 1. The fourth-order valence-electron chi connectivity index (χ4n) is 2.35. The van der Waals surface area contributed by atoms with Gasteiger partial charge in [0.25, 0.3) is 0 Å². The van der Waals surface area contributed by atoms with Crippen LogP contribution in [-0.4, -0.2) is 43.1 Å². The molecule has 5 nitrogen and oxygen atoms in total. The Hall–Kier alpha value is -0.790. The van der Waals surface area contributed by atoms with Crippen molar-refractivity contribution >= 4 is 27.4 Å². The average Bonchev–Trinajstić information content (AvgIpc) is 2.45. The van der Waals surface area contributed by atoms with Crippen LogP contribution in [0.15, 0.2) is 12.1 Å². The summed E-state index contributed by atoms with van der Waals surface area (Å²) in [4.78, 5) is 6.58. The SMILES string of the molecule is CC(C)c1cc(CN)cc(N2CCSCC2S(C)(=O)=O)n1. The van der Waals surface area contributed by atoms with Gasteiger partial charge in [-0.2, -0.15) is 11.8 Å². The molecule has 2 heterocycles. The second kappa shape index (κ2) is 6.54. The number of hydrogen-bond acceptors (Lipinski definition) is 6. The van der Waals surface area contributed by atoms with Crippen molar-refractivity contribution in [2.75, 3.05) is 29.2 Å². The minimum absolute atomic E-state index is 0.283. The molecule has 21 heavy (non-hydrogen) atoms. The number of rotatable bonds is 4. The Labute approximate surface area is 131 Å². The van der Waals surface area contributed by atoms with E-state index in [2.05, 4.69) is 18.8 Å². The first kappa shape index (κ1) is 16.6. The predicted molar refractivity (Wildman–Crippen MR) is 89.5 cm³/mol. The van der Waals surface area contributed by atoms with Gasteiger partial charge in [-0.3, -0.25) is 0 Å². The summed E-state index contributed by atoms with van der Waals surface area (Å²) in [5.41, 5.74) is 7.72. The molecular weight excluding hydrogens is 306 g/mol.